The van der Waals surface area contributed by atoms with Crippen LogP contribution in [-0.2, 0) is 14.3 Å². The highest BCUT2D eigenvalue weighted by Crippen LogP contribution is 2.77. The van der Waals surface area contributed by atoms with Crippen LogP contribution < -0.4 is 0 Å². The summed E-state index contributed by atoms with van der Waals surface area (Å²) in [6.45, 7) is 5.64. The molecular formula is C19H22O6. The summed E-state index contributed by atoms with van der Waals surface area (Å²) in [6, 6.07) is 0. The first-order chi connectivity index (χ1) is 11.6. The molecule has 8 atom stereocenters. The maximum Gasteiger partial charge on any atom is 0.316 e. The molecule has 1 spiro atoms. The van der Waals surface area contributed by atoms with Crippen LogP contribution in [0.1, 0.15) is 32.6 Å². The summed E-state index contributed by atoms with van der Waals surface area (Å²) < 4.78 is 5.87. The van der Waals surface area contributed by atoms with Crippen molar-refractivity contribution in [2.75, 3.05) is 0 Å². The highest BCUT2D eigenvalue weighted by molar-refractivity contribution is 5.86. The summed E-state index contributed by atoms with van der Waals surface area (Å²) in [5.74, 6) is -3.18. The molecule has 0 radical (unpaired) electrons. The van der Waals surface area contributed by atoms with E-state index in [-0.39, 0.29) is 5.92 Å². The van der Waals surface area contributed by atoms with Crippen molar-refractivity contribution >= 4 is 11.9 Å². The lowest BCUT2D eigenvalue weighted by Gasteiger charge is -2.44. The number of carboxylic acid groups (broad SMARTS) is 1. The molecule has 3 saturated carbocycles. The Kier molecular flexibility index (Phi) is 2.50. The molecule has 134 valence electrons. The highest BCUT2D eigenvalue weighted by Gasteiger charge is 2.83. The summed E-state index contributed by atoms with van der Waals surface area (Å²) >= 11 is 0. The van der Waals surface area contributed by atoms with Crippen LogP contribution in [0.2, 0.25) is 0 Å². The van der Waals surface area contributed by atoms with Crippen LogP contribution in [0.3, 0.4) is 0 Å². The maximum atomic E-state index is 12.7. The zero-order valence-corrected chi connectivity index (χ0v) is 14.1. The van der Waals surface area contributed by atoms with Gasteiger partial charge in [-0.25, -0.2) is 0 Å². The van der Waals surface area contributed by atoms with E-state index in [0.717, 1.165) is 0 Å². The fourth-order valence-electron chi connectivity index (χ4n) is 7.13. The molecule has 0 aromatic heterocycles. The minimum absolute atomic E-state index is 0.180. The van der Waals surface area contributed by atoms with Gasteiger partial charge in [0.2, 0.25) is 0 Å². The third kappa shape index (κ3) is 1.36. The molecule has 0 amide bonds. The molecule has 1 saturated heterocycles. The number of carbonyl (C=O) groups excluding carboxylic acids is 1. The first kappa shape index (κ1) is 15.6. The minimum Gasteiger partial charge on any atom is -0.481 e. The molecule has 3 N–H and O–H groups in total. The third-order valence-corrected chi connectivity index (χ3v) is 8.12. The monoisotopic (exact) mass is 346 g/mol. The van der Waals surface area contributed by atoms with E-state index in [1.807, 2.05) is 0 Å². The van der Waals surface area contributed by atoms with Gasteiger partial charge in [-0.05, 0) is 49.7 Å². The van der Waals surface area contributed by atoms with E-state index >= 15 is 0 Å². The fraction of sp³-hybridized carbons (Fsp3) is 0.684. The Morgan fingerprint density at radius 2 is 2.16 bits per heavy atom. The van der Waals surface area contributed by atoms with Crippen molar-refractivity contribution in [2.24, 2.45) is 28.6 Å². The van der Waals surface area contributed by atoms with E-state index in [1.165, 1.54) is 0 Å². The number of hydrogen-bond acceptors (Lipinski definition) is 5. The molecule has 6 heteroatoms. The van der Waals surface area contributed by atoms with Crippen LogP contribution in [0.5, 0.6) is 0 Å². The first-order valence-corrected chi connectivity index (χ1v) is 8.86. The zero-order valence-electron chi connectivity index (χ0n) is 14.1. The van der Waals surface area contributed by atoms with Gasteiger partial charge >= 0.3 is 11.9 Å². The van der Waals surface area contributed by atoms with Crippen molar-refractivity contribution in [3.05, 3.63) is 24.3 Å². The summed E-state index contributed by atoms with van der Waals surface area (Å²) in [7, 11) is 0. The Labute approximate surface area is 145 Å². The Morgan fingerprint density at radius 1 is 1.44 bits per heavy atom. The SMILES string of the molecule is C=C1C[C@]23C[C@@]1(O)CCC2[C@@]12C=CC(O)[C@@](C)(C(=O)O1)[C@H]2[C@@H]3C(=O)O. The number of rotatable bonds is 1. The molecule has 5 rings (SSSR count). The lowest BCUT2D eigenvalue weighted by Crippen LogP contribution is -2.50. The van der Waals surface area contributed by atoms with E-state index in [1.54, 1.807) is 19.1 Å². The zero-order chi connectivity index (χ0) is 18.0. The molecule has 4 bridgehead atoms. The van der Waals surface area contributed by atoms with Gasteiger partial charge in [0, 0.05) is 11.8 Å². The molecule has 0 aromatic carbocycles. The van der Waals surface area contributed by atoms with Crippen LogP contribution >= 0.6 is 0 Å². The minimum atomic E-state index is -1.27. The Balaban J connectivity index is 1.78. The first-order valence-electron chi connectivity index (χ1n) is 8.86. The Bertz CT molecular complexity index is 772. The van der Waals surface area contributed by atoms with E-state index in [4.69, 9.17) is 4.74 Å². The number of aliphatic hydroxyl groups is 2. The van der Waals surface area contributed by atoms with Crippen molar-refractivity contribution in [3.8, 4) is 0 Å². The van der Waals surface area contributed by atoms with E-state index < -0.39 is 51.9 Å². The molecule has 1 heterocycles. The molecule has 6 nitrogen and oxygen atoms in total. The van der Waals surface area contributed by atoms with Crippen LogP contribution in [0.4, 0.5) is 0 Å². The fourth-order valence-corrected chi connectivity index (χ4v) is 7.13. The van der Waals surface area contributed by atoms with Crippen LogP contribution in [0.15, 0.2) is 24.3 Å². The second-order valence-corrected chi connectivity index (χ2v) is 8.94. The van der Waals surface area contributed by atoms with Crippen LogP contribution in [0.25, 0.3) is 0 Å². The van der Waals surface area contributed by atoms with Crippen molar-refractivity contribution in [1.82, 2.24) is 0 Å². The van der Waals surface area contributed by atoms with E-state index in [0.29, 0.717) is 31.3 Å². The highest BCUT2D eigenvalue weighted by atomic mass is 16.6. The average Bonchev–Trinajstić information content (AvgIpc) is 2.95. The number of carbonyl (C=O) groups is 2. The summed E-state index contributed by atoms with van der Waals surface area (Å²) in [5, 5.41) is 31.6. The van der Waals surface area contributed by atoms with E-state index in [9.17, 15) is 24.9 Å². The number of hydrogen-bond donors (Lipinski definition) is 3. The van der Waals surface area contributed by atoms with Gasteiger partial charge in [-0.1, -0.05) is 12.7 Å². The molecule has 4 aliphatic carbocycles. The molecule has 1 aliphatic heterocycles. The quantitative estimate of drug-likeness (QED) is 0.484. The molecule has 2 unspecified atom stereocenters. The van der Waals surface area contributed by atoms with Gasteiger partial charge in [-0.2, -0.15) is 0 Å². The Morgan fingerprint density at radius 3 is 2.84 bits per heavy atom. The number of carboxylic acids is 1. The lowest BCUT2D eigenvalue weighted by molar-refractivity contribution is -0.163. The van der Waals surface area contributed by atoms with Gasteiger partial charge in [0.25, 0.3) is 0 Å². The number of esters is 1. The number of ether oxygens (including phenoxy) is 1. The summed E-state index contributed by atoms with van der Waals surface area (Å²) in [6.07, 6.45) is 4.11. The maximum absolute atomic E-state index is 12.7. The molecule has 25 heavy (non-hydrogen) atoms. The summed E-state index contributed by atoms with van der Waals surface area (Å²) in [5.41, 5.74) is -3.29. The topological polar surface area (TPSA) is 104 Å². The molecule has 5 aliphatic rings. The smallest absolute Gasteiger partial charge is 0.316 e. The van der Waals surface area contributed by atoms with Gasteiger partial charge in [-0.15, -0.1) is 0 Å². The second-order valence-electron chi connectivity index (χ2n) is 8.94. The largest absolute Gasteiger partial charge is 0.481 e. The second kappa shape index (κ2) is 4.01. The van der Waals surface area contributed by atoms with Gasteiger partial charge in [0.1, 0.15) is 11.0 Å². The van der Waals surface area contributed by atoms with Gasteiger partial charge < -0.3 is 20.1 Å². The number of aliphatic carboxylic acids is 1. The van der Waals surface area contributed by atoms with Crippen LogP contribution in [0, 0.1) is 28.6 Å². The molecule has 0 aromatic rings. The third-order valence-electron chi connectivity index (χ3n) is 8.12. The molecule has 4 fully saturated rings. The number of aliphatic hydroxyl groups excluding tert-OH is 1. The number of fused-ring (bicyclic) bond motifs is 1. The predicted molar refractivity (Wildman–Crippen MR) is 85.2 cm³/mol. The van der Waals surface area contributed by atoms with Crippen molar-refractivity contribution in [1.29, 1.82) is 0 Å². The lowest BCUT2D eigenvalue weighted by atomic mass is 9.61. The van der Waals surface area contributed by atoms with Crippen LogP contribution in [-0.4, -0.2) is 44.6 Å². The van der Waals surface area contributed by atoms with Gasteiger partial charge in [-0.3, -0.25) is 9.59 Å². The average molecular weight is 346 g/mol. The van der Waals surface area contributed by atoms with Crippen molar-refractivity contribution in [3.63, 3.8) is 0 Å². The predicted octanol–water partition coefficient (Wildman–Crippen LogP) is 1.03. The van der Waals surface area contributed by atoms with E-state index in [2.05, 4.69) is 6.58 Å². The normalized spacial score (nSPS) is 58.0. The summed E-state index contributed by atoms with van der Waals surface area (Å²) in [4.78, 5) is 25.1. The Hall–Kier alpha value is -1.66. The van der Waals surface area contributed by atoms with Crippen molar-refractivity contribution in [2.45, 2.75) is 49.9 Å². The van der Waals surface area contributed by atoms with Gasteiger partial charge in [0.15, 0.2) is 0 Å². The van der Waals surface area contributed by atoms with Crippen molar-refractivity contribution < 1.29 is 29.6 Å². The molecular weight excluding hydrogens is 324 g/mol. The van der Waals surface area contributed by atoms with Gasteiger partial charge in [0.05, 0.1) is 17.6 Å². The standard InChI is InChI=1S/C19H22O6/c1-9-7-17-8-18(9,24)5-3-10(17)19-6-4-11(20)16(2,15(23)25-19)13(19)12(17)14(21)22/h4,6,10-13,20,24H,1,3,5,7-8H2,2H3,(H,21,22)/t10?,11?,12-,13-,16-,17+,18+,19-/m1/s1.